The number of aromatic nitrogens is 2. The van der Waals surface area contributed by atoms with Crippen LogP contribution in [0.2, 0.25) is 0 Å². The number of nitrogens with one attached hydrogen (secondary N) is 1. The number of hydrogen-bond acceptors (Lipinski definition) is 4. The van der Waals surface area contributed by atoms with Gasteiger partial charge in [-0.15, -0.1) is 0 Å². The molecule has 96 valence electrons. The number of nitrogens with zero attached hydrogens (tertiary/aromatic N) is 2. The lowest BCUT2D eigenvalue weighted by Gasteiger charge is -2.32. The second kappa shape index (κ2) is 5.22. The van der Waals surface area contributed by atoms with Crippen molar-refractivity contribution in [2.24, 2.45) is 0 Å². The third-order valence-corrected chi connectivity index (χ3v) is 4.08. The van der Waals surface area contributed by atoms with Gasteiger partial charge in [0.2, 0.25) is 0 Å². The fourth-order valence-corrected chi connectivity index (χ4v) is 2.96. The molecule has 0 aliphatic carbocycles. The highest BCUT2D eigenvalue weighted by atomic mass is 32.1. The van der Waals surface area contributed by atoms with Gasteiger partial charge in [0.1, 0.15) is 0 Å². The molecule has 1 fully saturated rings. The molecular formula is C13H17N3OS. The van der Waals surface area contributed by atoms with Gasteiger partial charge in [-0.1, -0.05) is 0 Å². The molecule has 1 aliphatic rings. The minimum absolute atomic E-state index is 0.216. The number of hydrogen-bond donors (Lipinski definition) is 1. The molecule has 0 amide bonds. The minimum Gasteiger partial charge on any atom is -0.371 e. The molecule has 18 heavy (non-hydrogen) atoms. The van der Waals surface area contributed by atoms with Crippen LogP contribution in [0.1, 0.15) is 22.9 Å². The SMILES string of the molecule is Cc1cn[nH]c1CN1CCOC(c2ccsc2)C1. The summed E-state index contributed by atoms with van der Waals surface area (Å²) in [4.78, 5) is 2.42. The number of rotatable bonds is 3. The van der Waals surface area contributed by atoms with E-state index in [9.17, 15) is 0 Å². The van der Waals surface area contributed by atoms with E-state index in [4.69, 9.17) is 4.74 Å². The Morgan fingerprint density at radius 1 is 1.61 bits per heavy atom. The average Bonchev–Trinajstić information content (AvgIpc) is 3.02. The van der Waals surface area contributed by atoms with E-state index in [1.165, 1.54) is 16.8 Å². The molecule has 1 aliphatic heterocycles. The Labute approximate surface area is 111 Å². The molecule has 1 atom stereocenters. The number of ether oxygens (including phenoxy) is 1. The lowest BCUT2D eigenvalue weighted by molar-refractivity contribution is -0.0331. The van der Waals surface area contributed by atoms with Gasteiger partial charge in [0.15, 0.2) is 0 Å². The number of H-pyrrole nitrogens is 1. The van der Waals surface area contributed by atoms with Crippen LogP contribution in [0, 0.1) is 6.92 Å². The van der Waals surface area contributed by atoms with Gasteiger partial charge in [0, 0.05) is 19.6 Å². The van der Waals surface area contributed by atoms with Crippen LogP contribution >= 0.6 is 11.3 Å². The fraction of sp³-hybridized carbons (Fsp3) is 0.462. The number of aromatic amines is 1. The van der Waals surface area contributed by atoms with Crippen LogP contribution in [-0.4, -0.2) is 34.8 Å². The van der Waals surface area contributed by atoms with Crippen LogP contribution in [0.4, 0.5) is 0 Å². The Balaban J connectivity index is 1.66. The number of thiophene rings is 1. The molecule has 0 saturated carbocycles. The molecule has 2 aromatic heterocycles. The summed E-state index contributed by atoms with van der Waals surface area (Å²) in [5, 5.41) is 11.4. The normalized spacial score (nSPS) is 21.3. The highest BCUT2D eigenvalue weighted by Gasteiger charge is 2.22. The van der Waals surface area contributed by atoms with Crippen molar-refractivity contribution >= 4 is 11.3 Å². The van der Waals surface area contributed by atoms with Crippen molar-refractivity contribution in [3.63, 3.8) is 0 Å². The average molecular weight is 263 g/mol. The molecule has 4 nitrogen and oxygen atoms in total. The zero-order valence-corrected chi connectivity index (χ0v) is 11.2. The van der Waals surface area contributed by atoms with Crippen molar-refractivity contribution < 1.29 is 4.74 Å². The first kappa shape index (κ1) is 11.9. The number of aryl methyl sites for hydroxylation is 1. The molecule has 0 radical (unpaired) electrons. The Bertz CT molecular complexity index is 494. The smallest absolute Gasteiger partial charge is 0.0960 e. The standard InChI is InChI=1S/C13H17N3OS/c1-10-6-14-15-12(10)7-16-3-4-17-13(8-16)11-2-5-18-9-11/h2,5-6,9,13H,3-4,7-8H2,1H3,(H,14,15). The molecule has 2 aromatic rings. The first-order valence-electron chi connectivity index (χ1n) is 6.18. The van der Waals surface area contributed by atoms with Crippen molar-refractivity contribution in [1.29, 1.82) is 0 Å². The summed E-state index contributed by atoms with van der Waals surface area (Å²) >= 11 is 1.73. The molecule has 1 unspecified atom stereocenters. The lowest BCUT2D eigenvalue weighted by atomic mass is 10.1. The van der Waals surface area contributed by atoms with Crippen LogP contribution in [0.25, 0.3) is 0 Å². The van der Waals surface area contributed by atoms with Gasteiger partial charge >= 0.3 is 0 Å². The highest BCUT2D eigenvalue weighted by molar-refractivity contribution is 7.07. The molecule has 5 heteroatoms. The molecule has 3 heterocycles. The van der Waals surface area contributed by atoms with E-state index < -0.39 is 0 Å². The van der Waals surface area contributed by atoms with Gasteiger partial charge in [-0.2, -0.15) is 16.4 Å². The number of morpholine rings is 1. The third-order valence-electron chi connectivity index (χ3n) is 3.38. The first-order valence-corrected chi connectivity index (χ1v) is 7.12. The van der Waals surface area contributed by atoms with Crippen LogP contribution < -0.4 is 0 Å². The summed E-state index contributed by atoms with van der Waals surface area (Å²) in [5.41, 5.74) is 3.74. The maximum Gasteiger partial charge on any atom is 0.0960 e. The van der Waals surface area contributed by atoms with E-state index in [0.717, 1.165) is 26.2 Å². The largest absolute Gasteiger partial charge is 0.371 e. The quantitative estimate of drug-likeness (QED) is 0.924. The molecular weight excluding hydrogens is 246 g/mol. The van der Waals surface area contributed by atoms with Crippen molar-refractivity contribution in [2.75, 3.05) is 19.7 Å². The van der Waals surface area contributed by atoms with Gasteiger partial charge in [-0.25, -0.2) is 0 Å². The Morgan fingerprint density at radius 2 is 2.56 bits per heavy atom. The van der Waals surface area contributed by atoms with Gasteiger partial charge < -0.3 is 4.74 Å². The van der Waals surface area contributed by atoms with E-state index in [-0.39, 0.29) is 6.10 Å². The van der Waals surface area contributed by atoms with Crippen molar-refractivity contribution in [1.82, 2.24) is 15.1 Å². The first-order chi connectivity index (χ1) is 8.83. The maximum absolute atomic E-state index is 5.84. The summed E-state index contributed by atoms with van der Waals surface area (Å²) in [6, 6.07) is 2.15. The fourth-order valence-electron chi connectivity index (χ4n) is 2.26. The minimum atomic E-state index is 0.216. The van der Waals surface area contributed by atoms with Gasteiger partial charge in [0.25, 0.3) is 0 Å². The van der Waals surface area contributed by atoms with E-state index in [2.05, 4.69) is 38.8 Å². The van der Waals surface area contributed by atoms with Crippen LogP contribution in [0.5, 0.6) is 0 Å². The van der Waals surface area contributed by atoms with E-state index in [0.29, 0.717) is 0 Å². The monoisotopic (exact) mass is 263 g/mol. The predicted octanol–water partition coefficient (Wildman–Crippen LogP) is 2.35. The molecule has 3 rings (SSSR count). The van der Waals surface area contributed by atoms with E-state index in [1.807, 2.05) is 6.20 Å². The molecule has 0 bridgehead atoms. The second-order valence-corrected chi connectivity index (χ2v) is 5.46. The van der Waals surface area contributed by atoms with E-state index in [1.54, 1.807) is 11.3 Å². The summed E-state index contributed by atoms with van der Waals surface area (Å²) in [6.07, 6.45) is 2.10. The zero-order valence-electron chi connectivity index (χ0n) is 10.4. The molecule has 0 spiro atoms. The van der Waals surface area contributed by atoms with Crippen LogP contribution in [-0.2, 0) is 11.3 Å². The maximum atomic E-state index is 5.84. The van der Waals surface area contributed by atoms with Crippen molar-refractivity contribution in [3.8, 4) is 0 Å². The Kier molecular flexibility index (Phi) is 3.45. The van der Waals surface area contributed by atoms with Gasteiger partial charge in [0.05, 0.1) is 24.6 Å². The molecule has 0 aromatic carbocycles. The lowest BCUT2D eigenvalue weighted by Crippen LogP contribution is -2.37. The van der Waals surface area contributed by atoms with Gasteiger partial charge in [-0.3, -0.25) is 10.00 Å². The van der Waals surface area contributed by atoms with Crippen LogP contribution in [0.15, 0.2) is 23.0 Å². The molecule has 1 saturated heterocycles. The Morgan fingerprint density at radius 3 is 3.28 bits per heavy atom. The Hall–Kier alpha value is -1.17. The van der Waals surface area contributed by atoms with E-state index >= 15 is 0 Å². The summed E-state index contributed by atoms with van der Waals surface area (Å²) in [6.45, 7) is 5.76. The zero-order chi connectivity index (χ0) is 12.4. The van der Waals surface area contributed by atoms with Gasteiger partial charge in [-0.05, 0) is 34.9 Å². The molecule has 1 N–H and O–H groups in total. The third kappa shape index (κ3) is 2.48. The predicted molar refractivity (Wildman–Crippen MR) is 71.6 cm³/mol. The summed E-state index contributed by atoms with van der Waals surface area (Å²) in [5.74, 6) is 0. The van der Waals surface area contributed by atoms with Crippen molar-refractivity contribution in [2.45, 2.75) is 19.6 Å². The topological polar surface area (TPSA) is 41.2 Å². The highest BCUT2D eigenvalue weighted by Crippen LogP contribution is 2.25. The summed E-state index contributed by atoms with van der Waals surface area (Å²) < 4.78 is 5.84. The second-order valence-electron chi connectivity index (χ2n) is 4.68. The summed E-state index contributed by atoms with van der Waals surface area (Å²) in [7, 11) is 0. The van der Waals surface area contributed by atoms with Crippen LogP contribution in [0.3, 0.4) is 0 Å². The van der Waals surface area contributed by atoms with Crippen molar-refractivity contribution in [3.05, 3.63) is 39.8 Å².